The van der Waals surface area contributed by atoms with Crippen LogP contribution in [0.3, 0.4) is 0 Å². The molecule has 0 radical (unpaired) electrons. The molecular weight excluding hydrogens is 266 g/mol. The molecule has 0 heterocycles. The highest BCUT2D eigenvalue weighted by Gasteiger charge is 2.24. The zero-order valence-corrected chi connectivity index (χ0v) is 13.6. The largest absolute Gasteiger partial charge is 0.481 e. The van der Waals surface area contributed by atoms with Crippen LogP contribution >= 0.6 is 0 Å². The van der Waals surface area contributed by atoms with Crippen LogP contribution in [0, 0.1) is 12.3 Å². The fourth-order valence-electron chi connectivity index (χ4n) is 1.79. The molecule has 21 heavy (non-hydrogen) atoms. The fourth-order valence-corrected chi connectivity index (χ4v) is 1.79. The Balaban J connectivity index is 2.58. The Bertz CT molecular complexity index is 465. The standard InChI is InChI=1S/C17H27NO3/c1-6-14(21-13-9-7-8-12(2)10-13)16(20)18-11-15(19)17(3,4)5/h7-10,14-15,19H,6,11H2,1-5H3,(H,18,20). The van der Waals surface area contributed by atoms with Crippen molar-refractivity contribution in [2.75, 3.05) is 6.54 Å². The van der Waals surface area contributed by atoms with Crippen LogP contribution in [0.4, 0.5) is 0 Å². The van der Waals surface area contributed by atoms with Gasteiger partial charge in [-0.1, -0.05) is 39.8 Å². The molecule has 0 spiro atoms. The Morgan fingerprint density at radius 2 is 2.05 bits per heavy atom. The van der Waals surface area contributed by atoms with Gasteiger partial charge in [0.25, 0.3) is 5.91 Å². The molecule has 0 aromatic heterocycles. The summed E-state index contributed by atoms with van der Waals surface area (Å²) in [4.78, 5) is 12.1. The second-order valence-corrected chi connectivity index (χ2v) is 6.46. The van der Waals surface area contributed by atoms with Crippen molar-refractivity contribution in [1.29, 1.82) is 0 Å². The van der Waals surface area contributed by atoms with Crippen LogP contribution < -0.4 is 10.1 Å². The Labute approximate surface area is 127 Å². The minimum absolute atomic E-state index is 0.192. The van der Waals surface area contributed by atoms with Gasteiger partial charge in [0.05, 0.1) is 6.10 Å². The van der Waals surface area contributed by atoms with E-state index in [1.54, 1.807) is 0 Å². The molecule has 2 N–H and O–H groups in total. The van der Waals surface area contributed by atoms with Gasteiger partial charge < -0.3 is 15.2 Å². The van der Waals surface area contributed by atoms with E-state index in [2.05, 4.69) is 5.32 Å². The molecule has 0 aliphatic heterocycles. The summed E-state index contributed by atoms with van der Waals surface area (Å²) in [5.74, 6) is 0.496. The first kappa shape index (κ1) is 17.5. The number of rotatable bonds is 6. The summed E-state index contributed by atoms with van der Waals surface area (Å²) in [5, 5.41) is 12.7. The zero-order chi connectivity index (χ0) is 16.0. The summed E-state index contributed by atoms with van der Waals surface area (Å²) >= 11 is 0. The first-order chi connectivity index (χ1) is 9.74. The van der Waals surface area contributed by atoms with Gasteiger partial charge in [0.2, 0.25) is 0 Å². The number of aliphatic hydroxyl groups excluding tert-OH is 1. The van der Waals surface area contributed by atoms with E-state index in [4.69, 9.17) is 4.74 Å². The van der Waals surface area contributed by atoms with Crippen molar-refractivity contribution in [3.05, 3.63) is 29.8 Å². The van der Waals surface area contributed by atoms with Gasteiger partial charge in [-0.2, -0.15) is 0 Å². The van der Waals surface area contributed by atoms with Crippen molar-refractivity contribution in [2.24, 2.45) is 5.41 Å². The third-order valence-corrected chi connectivity index (χ3v) is 3.40. The van der Waals surface area contributed by atoms with Crippen LogP contribution in [0.1, 0.15) is 39.7 Å². The van der Waals surface area contributed by atoms with E-state index >= 15 is 0 Å². The summed E-state index contributed by atoms with van der Waals surface area (Å²) in [6, 6.07) is 7.62. The summed E-state index contributed by atoms with van der Waals surface area (Å²) < 4.78 is 5.73. The molecule has 118 valence electrons. The molecule has 0 saturated carbocycles. The molecule has 4 heteroatoms. The predicted molar refractivity (Wildman–Crippen MR) is 84.4 cm³/mol. The summed E-state index contributed by atoms with van der Waals surface area (Å²) in [5.41, 5.74) is 0.831. The van der Waals surface area contributed by atoms with Gasteiger partial charge in [-0.05, 0) is 36.5 Å². The normalized spacial score (nSPS) is 14.4. The van der Waals surface area contributed by atoms with E-state index in [0.717, 1.165) is 5.56 Å². The Morgan fingerprint density at radius 3 is 2.57 bits per heavy atom. The maximum absolute atomic E-state index is 12.1. The Hall–Kier alpha value is -1.55. The average Bonchev–Trinajstić information content (AvgIpc) is 2.40. The second-order valence-electron chi connectivity index (χ2n) is 6.46. The molecule has 0 saturated heterocycles. The monoisotopic (exact) mass is 293 g/mol. The number of carbonyl (C=O) groups excluding carboxylic acids is 1. The molecule has 1 aromatic rings. The molecule has 1 rings (SSSR count). The highest BCUT2D eigenvalue weighted by Crippen LogP contribution is 2.18. The van der Waals surface area contributed by atoms with Crippen molar-refractivity contribution >= 4 is 5.91 Å². The van der Waals surface area contributed by atoms with E-state index < -0.39 is 12.2 Å². The number of ether oxygens (including phenoxy) is 1. The van der Waals surface area contributed by atoms with E-state index in [-0.39, 0.29) is 17.9 Å². The van der Waals surface area contributed by atoms with E-state index in [9.17, 15) is 9.90 Å². The number of hydrogen-bond acceptors (Lipinski definition) is 3. The van der Waals surface area contributed by atoms with E-state index in [0.29, 0.717) is 12.2 Å². The molecule has 0 fully saturated rings. The summed E-state index contributed by atoms with van der Waals surface area (Å²) in [7, 11) is 0. The minimum Gasteiger partial charge on any atom is -0.481 e. The molecule has 0 bridgehead atoms. The lowest BCUT2D eigenvalue weighted by Gasteiger charge is -2.26. The quantitative estimate of drug-likeness (QED) is 0.848. The number of amides is 1. The Morgan fingerprint density at radius 1 is 1.38 bits per heavy atom. The fraction of sp³-hybridized carbons (Fsp3) is 0.588. The molecule has 1 amide bonds. The number of hydrogen-bond donors (Lipinski definition) is 2. The van der Waals surface area contributed by atoms with Gasteiger partial charge in [0.1, 0.15) is 5.75 Å². The number of carbonyl (C=O) groups is 1. The lowest BCUT2D eigenvalue weighted by Crippen LogP contribution is -2.44. The summed E-state index contributed by atoms with van der Waals surface area (Å²) in [6.07, 6.45) is -0.553. The average molecular weight is 293 g/mol. The van der Waals surface area contributed by atoms with Gasteiger partial charge in [-0.25, -0.2) is 0 Å². The van der Waals surface area contributed by atoms with Gasteiger partial charge in [0.15, 0.2) is 6.10 Å². The SMILES string of the molecule is CCC(Oc1cccc(C)c1)C(=O)NCC(O)C(C)(C)C. The molecule has 0 aliphatic rings. The van der Waals surface area contributed by atoms with Crippen molar-refractivity contribution < 1.29 is 14.6 Å². The van der Waals surface area contributed by atoms with Crippen LogP contribution in [0.15, 0.2) is 24.3 Å². The van der Waals surface area contributed by atoms with Gasteiger partial charge in [-0.15, -0.1) is 0 Å². The second kappa shape index (κ2) is 7.46. The van der Waals surface area contributed by atoms with Crippen LogP contribution in [0.2, 0.25) is 0 Å². The number of aryl methyl sites for hydroxylation is 1. The Kier molecular flexibility index (Phi) is 6.21. The highest BCUT2D eigenvalue weighted by atomic mass is 16.5. The van der Waals surface area contributed by atoms with Crippen molar-refractivity contribution in [2.45, 2.75) is 53.2 Å². The first-order valence-electron chi connectivity index (χ1n) is 7.43. The maximum atomic E-state index is 12.1. The van der Waals surface area contributed by atoms with Crippen LogP contribution in [0.25, 0.3) is 0 Å². The minimum atomic E-state index is -0.585. The van der Waals surface area contributed by atoms with E-state index in [1.807, 2.05) is 58.9 Å². The predicted octanol–water partition coefficient (Wildman–Crippen LogP) is 2.68. The van der Waals surface area contributed by atoms with Gasteiger partial charge in [0, 0.05) is 6.54 Å². The van der Waals surface area contributed by atoms with Crippen LogP contribution in [-0.4, -0.2) is 29.8 Å². The van der Waals surface area contributed by atoms with Crippen molar-refractivity contribution in [3.8, 4) is 5.75 Å². The van der Waals surface area contributed by atoms with Crippen LogP contribution in [0.5, 0.6) is 5.75 Å². The molecule has 2 atom stereocenters. The molecule has 1 aromatic carbocycles. The topological polar surface area (TPSA) is 58.6 Å². The van der Waals surface area contributed by atoms with Crippen molar-refractivity contribution in [3.63, 3.8) is 0 Å². The third kappa shape index (κ3) is 5.76. The van der Waals surface area contributed by atoms with Gasteiger partial charge >= 0.3 is 0 Å². The zero-order valence-electron chi connectivity index (χ0n) is 13.6. The number of nitrogens with one attached hydrogen (secondary N) is 1. The van der Waals surface area contributed by atoms with E-state index in [1.165, 1.54) is 0 Å². The molecular formula is C17H27NO3. The van der Waals surface area contributed by atoms with Crippen LogP contribution in [-0.2, 0) is 4.79 Å². The molecule has 4 nitrogen and oxygen atoms in total. The summed E-state index contributed by atoms with van der Waals surface area (Å²) in [6.45, 7) is 9.92. The molecule has 2 unspecified atom stereocenters. The maximum Gasteiger partial charge on any atom is 0.261 e. The number of benzene rings is 1. The third-order valence-electron chi connectivity index (χ3n) is 3.40. The lowest BCUT2D eigenvalue weighted by molar-refractivity contribution is -0.128. The smallest absolute Gasteiger partial charge is 0.261 e. The highest BCUT2D eigenvalue weighted by molar-refractivity contribution is 5.81. The number of aliphatic hydroxyl groups is 1. The molecule has 0 aliphatic carbocycles. The van der Waals surface area contributed by atoms with Crippen molar-refractivity contribution in [1.82, 2.24) is 5.32 Å². The van der Waals surface area contributed by atoms with Gasteiger partial charge in [-0.3, -0.25) is 4.79 Å². The first-order valence-corrected chi connectivity index (χ1v) is 7.43. The lowest BCUT2D eigenvalue weighted by atomic mass is 9.89.